The van der Waals surface area contributed by atoms with E-state index in [1.165, 1.54) is 24.9 Å². The lowest BCUT2D eigenvalue weighted by Crippen LogP contribution is -2.66. The van der Waals surface area contributed by atoms with Crippen molar-refractivity contribution < 1.29 is 37.1 Å². The minimum Gasteiger partial charge on any atom is -0.376 e. The predicted molar refractivity (Wildman–Crippen MR) is 145 cm³/mol. The maximum Gasteiger partial charge on any atom is 0.406 e. The molecule has 0 radical (unpaired) electrons. The van der Waals surface area contributed by atoms with Gasteiger partial charge in [-0.1, -0.05) is 43.6 Å². The summed E-state index contributed by atoms with van der Waals surface area (Å²) < 4.78 is 45.9. The zero-order valence-corrected chi connectivity index (χ0v) is 23.8. The van der Waals surface area contributed by atoms with E-state index in [2.05, 4.69) is 4.98 Å². The summed E-state index contributed by atoms with van der Waals surface area (Å²) >= 11 is 5.93. The Morgan fingerprint density at radius 1 is 1.12 bits per heavy atom. The van der Waals surface area contributed by atoms with Crippen LogP contribution in [0.25, 0.3) is 0 Å². The molecule has 2 aromatic rings. The largest absolute Gasteiger partial charge is 0.406 e. The Morgan fingerprint density at radius 2 is 1.81 bits per heavy atom. The van der Waals surface area contributed by atoms with Gasteiger partial charge < -0.3 is 20.3 Å². The molecular weight excluding hydrogens is 579 g/mol. The first-order valence-corrected chi connectivity index (χ1v) is 13.5. The number of fused-ring (bicyclic) bond motifs is 1. The highest BCUT2D eigenvalue weighted by molar-refractivity contribution is 6.30. The number of hydrogen-bond acceptors (Lipinski definition) is 6. The molecule has 2 fully saturated rings. The highest BCUT2D eigenvalue weighted by Gasteiger charge is 2.62. The van der Waals surface area contributed by atoms with Crippen molar-refractivity contribution in [2.75, 3.05) is 32.8 Å². The molecule has 1 aromatic heterocycles. The highest BCUT2D eigenvalue weighted by atomic mass is 35.5. The van der Waals surface area contributed by atoms with Crippen LogP contribution >= 0.6 is 11.6 Å². The van der Waals surface area contributed by atoms with E-state index in [9.17, 15) is 32.3 Å². The number of ether oxygens (including phenoxy) is 1. The van der Waals surface area contributed by atoms with Gasteiger partial charge in [0.2, 0.25) is 11.8 Å². The smallest absolute Gasteiger partial charge is 0.376 e. The van der Waals surface area contributed by atoms with E-state index in [4.69, 9.17) is 22.1 Å². The topological polar surface area (TPSA) is 126 Å². The predicted octanol–water partition coefficient (Wildman–Crippen LogP) is 3.03. The number of primary amides is 1. The van der Waals surface area contributed by atoms with Crippen LogP contribution in [0.3, 0.4) is 0 Å². The van der Waals surface area contributed by atoms with Crippen LogP contribution in [-0.2, 0) is 32.1 Å². The average molecular weight is 610 g/mol. The molecule has 2 saturated heterocycles. The summed E-state index contributed by atoms with van der Waals surface area (Å²) in [4.78, 5) is 59.9. The second kappa shape index (κ2) is 11.9. The normalized spacial score (nSPS) is 20.1. The van der Waals surface area contributed by atoms with Gasteiger partial charge in [0.15, 0.2) is 0 Å². The summed E-state index contributed by atoms with van der Waals surface area (Å²) in [5.41, 5.74) is 3.57. The van der Waals surface area contributed by atoms with Crippen molar-refractivity contribution in [3.63, 3.8) is 0 Å². The maximum atomic E-state index is 14.0. The third-order valence-corrected chi connectivity index (χ3v) is 8.04. The molecule has 14 heteroatoms. The number of carbonyl (C=O) groups is 4. The molecule has 226 valence electrons. The first-order chi connectivity index (χ1) is 19.7. The van der Waals surface area contributed by atoms with Gasteiger partial charge in [0, 0.05) is 36.4 Å². The fourth-order valence-corrected chi connectivity index (χ4v) is 5.38. The number of rotatable bonds is 10. The second-order valence-electron chi connectivity index (χ2n) is 11.0. The molecule has 2 atom stereocenters. The Morgan fingerprint density at radius 3 is 2.40 bits per heavy atom. The third kappa shape index (κ3) is 6.36. The Kier molecular flexibility index (Phi) is 8.84. The summed E-state index contributed by atoms with van der Waals surface area (Å²) in [7, 11) is 0. The molecule has 0 aliphatic carbocycles. The number of nitrogens with two attached hydrogens (primary N) is 1. The van der Waals surface area contributed by atoms with Gasteiger partial charge in [-0.3, -0.25) is 24.3 Å². The lowest BCUT2D eigenvalue weighted by molar-refractivity contribution is -0.159. The van der Waals surface area contributed by atoms with Gasteiger partial charge in [-0.25, -0.2) is 4.79 Å². The Labute approximate surface area is 245 Å². The van der Waals surface area contributed by atoms with E-state index in [0.717, 1.165) is 10.5 Å². The summed E-state index contributed by atoms with van der Waals surface area (Å²) in [5, 5.41) is 0.536. The quantitative estimate of drug-likeness (QED) is 0.413. The van der Waals surface area contributed by atoms with E-state index in [1.54, 1.807) is 42.5 Å². The first-order valence-electron chi connectivity index (χ1n) is 13.2. The van der Waals surface area contributed by atoms with E-state index >= 15 is 0 Å². The number of piperazine rings is 1. The lowest BCUT2D eigenvalue weighted by Gasteiger charge is -2.46. The molecule has 2 N–H and O–H groups in total. The van der Waals surface area contributed by atoms with Crippen LogP contribution in [-0.4, -0.2) is 87.9 Å². The van der Waals surface area contributed by atoms with Crippen LogP contribution in [0.2, 0.25) is 5.02 Å². The molecule has 0 unspecified atom stereocenters. The lowest BCUT2D eigenvalue weighted by atomic mass is 9.77. The van der Waals surface area contributed by atoms with Crippen molar-refractivity contribution in [3.8, 4) is 0 Å². The number of urea groups is 1. The van der Waals surface area contributed by atoms with Gasteiger partial charge in [-0.05, 0) is 29.8 Å². The van der Waals surface area contributed by atoms with E-state index < -0.39 is 59.9 Å². The molecule has 4 rings (SSSR count). The van der Waals surface area contributed by atoms with Gasteiger partial charge >= 0.3 is 12.2 Å². The fraction of sp³-hybridized carbons (Fsp3) is 0.464. The number of alkyl halides is 3. The van der Waals surface area contributed by atoms with Crippen molar-refractivity contribution in [1.82, 2.24) is 19.7 Å². The number of hydrogen-bond donors (Lipinski definition) is 1. The third-order valence-electron chi connectivity index (χ3n) is 7.79. The van der Waals surface area contributed by atoms with Gasteiger partial charge in [-0.2, -0.15) is 13.2 Å². The van der Waals surface area contributed by atoms with E-state index in [-0.39, 0.29) is 37.6 Å². The highest BCUT2D eigenvalue weighted by Crippen LogP contribution is 2.38. The Bertz CT molecular complexity index is 1340. The molecule has 10 nitrogen and oxygen atoms in total. The second-order valence-corrected chi connectivity index (χ2v) is 11.4. The Balaban J connectivity index is 1.63. The van der Waals surface area contributed by atoms with Crippen molar-refractivity contribution in [1.29, 1.82) is 0 Å². The van der Waals surface area contributed by atoms with Crippen molar-refractivity contribution >= 4 is 35.4 Å². The van der Waals surface area contributed by atoms with Crippen LogP contribution in [0.5, 0.6) is 0 Å². The zero-order valence-electron chi connectivity index (χ0n) is 23.1. The molecular formula is C28H31ClF3N5O5. The monoisotopic (exact) mass is 609 g/mol. The number of carbonyl (C=O) groups excluding carboxylic acids is 4. The van der Waals surface area contributed by atoms with Crippen LogP contribution in [0.15, 0.2) is 48.7 Å². The number of nitrogens with zero attached hydrogens (tertiary/aromatic N) is 4. The van der Waals surface area contributed by atoms with Crippen molar-refractivity contribution in [3.05, 3.63) is 64.9 Å². The molecule has 1 aromatic carbocycles. The van der Waals surface area contributed by atoms with Gasteiger partial charge in [-0.15, -0.1) is 0 Å². The molecule has 0 bridgehead atoms. The number of benzene rings is 1. The molecule has 42 heavy (non-hydrogen) atoms. The average Bonchev–Trinajstić information content (AvgIpc) is 3.12. The number of aromatic nitrogens is 1. The van der Waals surface area contributed by atoms with Gasteiger partial charge in [0.25, 0.3) is 5.91 Å². The zero-order chi connectivity index (χ0) is 30.9. The summed E-state index contributed by atoms with van der Waals surface area (Å²) in [6.07, 6.45) is -3.58. The summed E-state index contributed by atoms with van der Waals surface area (Å²) in [5.74, 6) is -3.51. The van der Waals surface area contributed by atoms with Crippen molar-refractivity contribution in [2.24, 2.45) is 17.1 Å². The molecule has 2 aliphatic heterocycles. The summed E-state index contributed by atoms with van der Waals surface area (Å²) in [6, 6.07) is 10.6. The van der Waals surface area contributed by atoms with Crippen LogP contribution in [0.4, 0.5) is 18.0 Å². The molecule has 3 heterocycles. The molecule has 5 amide bonds. The van der Waals surface area contributed by atoms with E-state index in [0.29, 0.717) is 10.7 Å². The number of pyridine rings is 1. The van der Waals surface area contributed by atoms with Crippen LogP contribution in [0.1, 0.15) is 25.1 Å². The minimum atomic E-state index is -4.82. The SMILES string of the molecule is CC(C)(C(N)=O)[C@H](COCc1ccc(Cl)cc1)C(=O)N1CCN2C(=O)N(CC(F)(F)F)C(=O)[C@@]2(Cc2ccccn2)C1. The summed E-state index contributed by atoms with van der Waals surface area (Å²) in [6.45, 7) is 0.456. The molecule has 0 saturated carbocycles. The van der Waals surface area contributed by atoms with Crippen LogP contribution in [0, 0.1) is 11.3 Å². The fourth-order valence-electron chi connectivity index (χ4n) is 5.25. The maximum absolute atomic E-state index is 14.0. The van der Waals surface area contributed by atoms with Crippen molar-refractivity contribution in [2.45, 2.75) is 38.6 Å². The molecule has 0 spiro atoms. The van der Waals surface area contributed by atoms with Gasteiger partial charge in [0.05, 0.1) is 31.1 Å². The first kappa shape index (κ1) is 31.2. The van der Waals surface area contributed by atoms with Gasteiger partial charge in [0.1, 0.15) is 12.1 Å². The van der Waals surface area contributed by atoms with E-state index in [1.807, 2.05) is 0 Å². The number of amides is 5. The Hall–Kier alpha value is -3.71. The standard InChI is InChI=1S/C28H31ClF3N5O5/c1-26(2,23(33)39)21(15-42-14-18-6-8-19(29)9-7-18)22(38)35-11-12-37-25(41)36(17-28(30,31)32)24(40)27(37,16-35)13-20-5-3-4-10-34-20/h3-10,21H,11-17H2,1-2H3,(H2,33,39)/t21-,27-/m1/s1. The minimum absolute atomic E-state index is 0.0792. The van der Waals surface area contributed by atoms with Crippen LogP contribution < -0.4 is 5.73 Å². The number of imide groups is 1. The molecule has 2 aliphatic rings. The number of halogens is 4.